The average molecular weight is 241 g/mol. The number of aliphatic carboxylic acids is 1. The van der Waals surface area contributed by atoms with Gasteiger partial charge < -0.3 is 14.7 Å². The van der Waals surface area contributed by atoms with Crippen LogP contribution in [-0.2, 0) is 14.3 Å². The van der Waals surface area contributed by atoms with Crippen LogP contribution in [0, 0.1) is 11.8 Å². The molecule has 96 valence electrons. The summed E-state index contributed by atoms with van der Waals surface area (Å²) in [6.07, 6.45) is 1.99. The number of rotatable bonds is 5. The van der Waals surface area contributed by atoms with Crippen molar-refractivity contribution in [3.63, 3.8) is 0 Å². The zero-order valence-electron chi connectivity index (χ0n) is 10.3. The molecule has 17 heavy (non-hydrogen) atoms. The highest BCUT2D eigenvalue weighted by atomic mass is 16.5. The molecule has 2 unspecified atom stereocenters. The monoisotopic (exact) mass is 241 g/mol. The first-order valence-electron chi connectivity index (χ1n) is 5.82. The molecule has 0 bridgehead atoms. The van der Waals surface area contributed by atoms with Crippen molar-refractivity contribution in [3.05, 3.63) is 12.2 Å². The van der Waals surface area contributed by atoms with Crippen molar-refractivity contribution in [2.75, 3.05) is 26.3 Å². The molecule has 0 aromatic carbocycles. The van der Waals surface area contributed by atoms with E-state index in [1.54, 1.807) is 4.90 Å². The molecular formula is C12H19NO4. The molecule has 1 amide bonds. The molecule has 0 radical (unpaired) electrons. The molecule has 1 heterocycles. The van der Waals surface area contributed by atoms with E-state index in [1.165, 1.54) is 0 Å². The number of ether oxygens (including phenoxy) is 1. The second-order valence-corrected chi connectivity index (χ2v) is 4.31. The zero-order valence-corrected chi connectivity index (χ0v) is 10.3. The molecule has 0 aromatic rings. The molecule has 1 fully saturated rings. The van der Waals surface area contributed by atoms with Crippen LogP contribution in [0.3, 0.4) is 0 Å². The smallest absolute Gasteiger partial charge is 0.328 e. The first-order chi connectivity index (χ1) is 8.04. The van der Waals surface area contributed by atoms with E-state index in [1.807, 2.05) is 6.92 Å². The van der Waals surface area contributed by atoms with E-state index >= 15 is 0 Å². The summed E-state index contributed by atoms with van der Waals surface area (Å²) in [5.41, 5.74) is 0. The van der Waals surface area contributed by atoms with Crippen LogP contribution in [0.25, 0.3) is 0 Å². The van der Waals surface area contributed by atoms with Crippen molar-refractivity contribution in [3.8, 4) is 0 Å². The van der Waals surface area contributed by atoms with Gasteiger partial charge in [0.15, 0.2) is 0 Å². The molecule has 1 aliphatic heterocycles. The molecule has 5 heteroatoms. The van der Waals surface area contributed by atoms with Gasteiger partial charge in [-0.05, 0) is 12.8 Å². The van der Waals surface area contributed by atoms with Crippen LogP contribution < -0.4 is 0 Å². The van der Waals surface area contributed by atoms with Gasteiger partial charge in [0, 0.05) is 37.8 Å². The number of amides is 1. The summed E-state index contributed by atoms with van der Waals surface area (Å²) >= 11 is 0. The lowest BCUT2D eigenvalue weighted by molar-refractivity contribution is -0.132. The summed E-state index contributed by atoms with van der Waals surface area (Å²) < 4.78 is 5.36. The van der Waals surface area contributed by atoms with Gasteiger partial charge in [-0.15, -0.1) is 0 Å². The third-order valence-corrected chi connectivity index (χ3v) is 2.98. The molecule has 0 spiro atoms. The van der Waals surface area contributed by atoms with Gasteiger partial charge in [-0.1, -0.05) is 6.92 Å². The van der Waals surface area contributed by atoms with Crippen molar-refractivity contribution < 1.29 is 19.4 Å². The Morgan fingerprint density at radius 2 is 2.12 bits per heavy atom. The SMILES string of the molecule is CCOCC1CN(C(=O)/C=C/C(=O)O)CC1C. The number of likely N-dealkylation sites (tertiary alicyclic amines) is 1. The molecule has 2 atom stereocenters. The molecule has 0 saturated carbocycles. The highest BCUT2D eigenvalue weighted by molar-refractivity contribution is 5.94. The minimum Gasteiger partial charge on any atom is -0.478 e. The molecule has 0 aliphatic carbocycles. The quantitative estimate of drug-likeness (QED) is 0.721. The summed E-state index contributed by atoms with van der Waals surface area (Å²) in [4.78, 5) is 23.6. The lowest BCUT2D eigenvalue weighted by Gasteiger charge is -2.14. The minimum absolute atomic E-state index is 0.238. The van der Waals surface area contributed by atoms with Gasteiger partial charge in [-0.3, -0.25) is 4.79 Å². The molecule has 1 rings (SSSR count). The van der Waals surface area contributed by atoms with Crippen molar-refractivity contribution in [2.45, 2.75) is 13.8 Å². The fraction of sp³-hybridized carbons (Fsp3) is 0.667. The predicted molar refractivity (Wildman–Crippen MR) is 62.5 cm³/mol. The summed E-state index contributed by atoms with van der Waals surface area (Å²) in [5.74, 6) is -0.601. The maximum absolute atomic E-state index is 11.6. The van der Waals surface area contributed by atoms with Crippen molar-refractivity contribution in [2.24, 2.45) is 11.8 Å². The topological polar surface area (TPSA) is 66.8 Å². The maximum Gasteiger partial charge on any atom is 0.328 e. The Hall–Kier alpha value is -1.36. The van der Waals surface area contributed by atoms with Crippen LogP contribution in [0.15, 0.2) is 12.2 Å². The van der Waals surface area contributed by atoms with Crippen molar-refractivity contribution in [1.29, 1.82) is 0 Å². The van der Waals surface area contributed by atoms with Crippen LogP contribution in [0.1, 0.15) is 13.8 Å². The number of carboxylic acid groups (broad SMARTS) is 1. The standard InChI is InChI=1S/C12H19NO4/c1-3-17-8-10-7-13(6-9(10)2)11(14)4-5-12(15)16/h4-5,9-10H,3,6-8H2,1-2H3,(H,15,16)/b5-4+. The first kappa shape index (κ1) is 13.7. The van der Waals surface area contributed by atoms with E-state index in [2.05, 4.69) is 6.92 Å². The normalized spacial score (nSPS) is 24.5. The Morgan fingerprint density at radius 3 is 2.71 bits per heavy atom. The zero-order chi connectivity index (χ0) is 12.8. The molecular weight excluding hydrogens is 222 g/mol. The van der Waals surface area contributed by atoms with Crippen LogP contribution in [0.5, 0.6) is 0 Å². The van der Waals surface area contributed by atoms with Crippen LogP contribution in [0.4, 0.5) is 0 Å². The van der Waals surface area contributed by atoms with Gasteiger partial charge in [0.1, 0.15) is 0 Å². The molecule has 1 aliphatic rings. The third kappa shape index (κ3) is 4.19. The van der Waals surface area contributed by atoms with Gasteiger partial charge in [0.05, 0.1) is 6.61 Å². The Balaban J connectivity index is 2.47. The van der Waals surface area contributed by atoms with E-state index in [9.17, 15) is 9.59 Å². The minimum atomic E-state index is -1.10. The second-order valence-electron chi connectivity index (χ2n) is 4.31. The lowest BCUT2D eigenvalue weighted by Crippen LogP contribution is -2.27. The van der Waals surface area contributed by atoms with E-state index in [0.29, 0.717) is 38.1 Å². The van der Waals surface area contributed by atoms with Crippen molar-refractivity contribution >= 4 is 11.9 Å². The fourth-order valence-corrected chi connectivity index (χ4v) is 1.95. The van der Waals surface area contributed by atoms with Crippen LogP contribution >= 0.6 is 0 Å². The first-order valence-corrected chi connectivity index (χ1v) is 5.82. The van der Waals surface area contributed by atoms with Crippen LogP contribution in [0.2, 0.25) is 0 Å². The Morgan fingerprint density at radius 1 is 1.41 bits per heavy atom. The van der Waals surface area contributed by atoms with Gasteiger partial charge >= 0.3 is 5.97 Å². The Bertz CT molecular complexity index is 314. The summed E-state index contributed by atoms with van der Waals surface area (Å²) in [6, 6.07) is 0. The molecule has 5 nitrogen and oxygen atoms in total. The van der Waals surface area contributed by atoms with Gasteiger partial charge in [-0.2, -0.15) is 0 Å². The largest absolute Gasteiger partial charge is 0.478 e. The lowest BCUT2D eigenvalue weighted by atomic mass is 9.99. The van der Waals surface area contributed by atoms with Crippen LogP contribution in [-0.4, -0.2) is 48.2 Å². The third-order valence-electron chi connectivity index (χ3n) is 2.98. The molecule has 0 aromatic heterocycles. The fourth-order valence-electron chi connectivity index (χ4n) is 1.95. The molecule has 1 saturated heterocycles. The predicted octanol–water partition coefficient (Wildman–Crippen LogP) is 0.758. The summed E-state index contributed by atoms with van der Waals surface area (Å²) in [7, 11) is 0. The highest BCUT2D eigenvalue weighted by Crippen LogP contribution is 2.23. The van der Waals surface area contributed by atoms with Gasteiger partial charge in [0.25, 0.3) is 0 Å². The number of nitrogens with zero attached hydrogens (tertiary/aromatic N) is 1. The maximum atomic E-state index is 11.6. The van der Waals surface area contributed by atoms with Crippen molar-refractivity contribution in [1.82, 2.24) is 4.90 Å². The van der Waals surface area contributed by atoms with E-state index < -0.39 is 5.97 Å². The highest BCUT2D eigenvalue weighted by Gasteiger charge is 2.31. The number of carbonyl (C=O) groups is 2. The van der Waals surface area contributed by atoms with E-state index in [4.69, 9.17) is 9.84 Å². The Labute approximate surface area is 101 Å². The summed E-state index contributed by atoms with van der Waals surface area (Å²) in [5, 5.41) is 8.45. The number of carbonyl (C=O) groups excluding carboxylic acids is 1. The van der Waals surface area contributed by atoms with Gasteiger partial charge in [-0.25, -0.2) is 4.79 Å². The number of carboxylic acids is 1. The second kappa shape index (κ2) is 6.39. The molecule has 1 N–H and O–H groups in total. The Kier molecular flexibility index (Phi) is 5.15. The van der Waals surface area contributed by atoms with E-state index in [0.717, 1.165) is 12.2 Å². The number of hydrogen-bond donors (Lipinski definition) is 1. The van der Waals surface area contributed by atoms with E-state index in [-0.39, 0.29) is 5.91 Å². The number of hydrogen-bond acceptors (Lipinski definition) is 3. The summed E-state index contributed by atoms with van der Waals surface area (Å²) in [6.45, 7) is 6.67. The van der Waals surface area contributed by atoms with Gasteiger partial charge in [0.2, 0.25) is 5.91 Å². The average Bonchev–Trinajstić information content (AvgIpc) is 2.65.